The number of hydrogen-bond acceptors (Lipinski definition) is 8. The van der Waals surface area contributed by atoms with E-state index in [4.69, 9.17) is 16.3 Å². The average Bonchev–Trinajstić information content (AvgIpc) is 3.65. The molecule has 5 aromatic rings. The van der Waals surface area contributed by atoms with E-state index in [-0.39, 0.29) is 21.9 Å². The molecule has 1 fully saturated rings. The van der Waals surface area contributed by atoms with Crippen LogP contribution in [0.5, 0.6) is 5.75 Å². The normalized spacial score (nSPS) is 16.0. The lowest BCUT2D eigenvalue weighted by molar-refractivity contribution is -0.132. The van der Waals surface area contributed by atoms with Crippen LogP contribution in [0.1, 0.15) is 60.2 Å². The maximum Gasteiger partial charge on any atom is 0.301 e. The van der Waals surface area contributed by atoms with Gasteiger partial charge in [0.15, 0.2) is 4.34 Å². The van der Waals surface area contributed by atoms with Crippen molar-refractivity contribution in [3.63, 3.8) is 0 Å². The van der Waals surface area contributed by atoms with Crippen molar-refractivity contribution in [3.8, 4) is 5.75 Å². The van der Waals surface area contributed by atoms with Gasteiger partial charge in [-0.1, -0.05) is 122 Å². The van der Waals surface area contributed by atoms with Crippen LogP contribution in [0.4, 0.5) is 5.13 Å². The fourth-order valence-electron chi connectivity index (χ4n) is 5.42. The van der Waals surface area contributed by atoms with Crippen molar-refractivity contribution in [2.45, 2.75) is 55.9 Å². The Morgan fingerprint density at radius 1 is 0.917 bits per heavy atom. The van der Waals surface area contributed by atoms with Gasteiger partial charge in [-0.3, -0.25) is 14.5 Å². The van der Waals surface area contributed by atoms with E-state index >= 15 is 0 Å². The molecule has 1 aromatic heterocycles. The third-order valence-corrected chi connectivity index (χ3v) is 10.7. The number of ether oxygens (including phenoxy) is 1. The molecule has 7 nitrogen and oxygen atoms in total. The van der Waals surface area contributed by atoms with Gasteiger partial charge >= 0.3 is 5.91 Å². The number of anilines is 1. The van der Waals surface area contributed by atoms with Crippen LogP contribution in [0.25, 0.3) is 5.76 Å². The van der Waals surface area contributed by atoms with E-state index in [1.54, 1.807) is 24.3 Å². The number of ketones is 1. The number of aromatic nitrogens is 2. The monoisotopic (exact) mass is 695 g/mol. The van der Waals surface area contributed by atoms with Gasteiger partial charge in [-0.05, 0) is 70.5 Å². The lowest BCUT2D eigenvalue weighted by atomic mass is 9.85. The molecule has 10 heteroatoms. The summed E-state index contributed by atoms with van der Waals surface area (Å²) in [6.07, 6.45) is 0. The van der Waals surface area contributed by atoms with Gasteiger partial charge in [0.1, 0.15) is 18.1 Å². The second-order valence-electron chi connectivity index (χ2n) is 12.5. The predicted molar refractivity (Wildman–Crippen MR) is 193 cm³/mol. The molecule has 1 atom stereocenters. The summed E-state index contributed by atoms with van der Waals surface area (Å²) in [4.78, 5) is 28.8. The number of aliphatic hydroxyl groups is 1. The van der Waals surface area contributed by atoms with Crippen molar-refractivity contribution in [2.24, 2.45) is 0 Å². The number of halogens is 1. The molecule has 1 aliphatic heterocycles. The summed E-state index contributed by atoms with van der Waals surface area (Å²) >= 11 is 9.00. The van der Waals surface area contributed by atoms with E-state index in [2.05, 4.69) is 31.0 Å². The summed E-state index contributed by atoms with van der Waals surface area (Å²) < 4.78 is 6.60. The van der Waals surface area contributed by atoms with E-state index in [0.29, 0.717) is 38.6 Å². The Morgan fingerprint density at radius 2 is 1.58 bits per heavy atom. The fourth-order valence-corrected chi connectivity index (χ4v) is 7.57. The van der Waals surface area contributed by atoms with E-state index in [1.807, 2.05) is 79.7 Å². The van der Waals surface area contributed by atoms with Crippen LogP contribution in [-0.2, 0) is 27.4 Å². The molecule has 0 spiro atoms. The second-order valence-corrected chi connectivity index (χ2v) is 15.1. The van der Waals surface area contributed by atoms with Gasteiger partial charge in [0, 0.05) is 16.3 Å². The number of Topliss-reactive ketones (excluding diaryl/α,β-unsaturated/α-hetero) is 1. The van der Waals surface area contributed by atoms with Crippen LogP contribution >= 0.6 is 34.7 Å². The summed E-state index contributed by atoms with van der Waals surface area (Å²) in [5.41, 5.74) is 5.19. The Kier molecular flexibility index (Phi) is 9.73. The highest BCUT2D eigenvalue weighted by Crippen LogP contribution is 2.44. The maximum atomic E-state index is 13.7. The molecule has 1 N–H and O–H groups in total. The summed E-state index contributed by atoms with van der Waals surface area (Å²) in [5.74, 6) is -0.671. The Labute approximate surface area is 293 Å². The molecule has 4 aromatic carbocycles. The highest BCUT2D eigenvalue weighted by Gasteiger charge is 2.48. The molecule has 2 heterocycles. The lowest BCUT2D eigenvalue weighted by Crippen LogP contribution is -2.29. The largest absolute Gasteiger partial charge is 0.507 e. The Bertz CT molecular complexity index is 2000. The van der Waals surface area contributed by atoms with Crippen LogP contribution in [0, 0.1) is 6.92 Å². The van der Waals surface area contributed by atoms with Gasteiger partial charge in [-0.25, -0.2) is 0 Å². The molecule has 244 valence electrons. The van der Waals surface area contributed by atoms with E-state index in [9.17, 15) is 14.7 Å². The third-order valence-electron chi connectivity index (χ3n) is 8.23. The number of aliphatic hydroxyl groups excluding tert-OH is 1. The molecule has 0 saturated carbocycles. The number of carbonyl (C=O) groups is 2. The molecule has 1 amide bonds. The first-order valence-electron chi connectivity index (χ1n) is 15.4. The lowest BCUT2D eigenvalue weighted by Gasteiger charge is -2.24. The molecular formula is C38H34ClN3O4S2. The summed E-state index contributed by atoms with van der Waals surface area (Å²) in [5, 5.41) is 21.2. The zero-order chi connectivity index (χ0) is 34.0. The van der Waals surface area contributed by atoms with Crippen molar-refractivity contribution >= 4 is 57.3 Å². The molecular weight excluding hydrogens is 662 g/mol. The first-order chi connectivity index (χ1) is 23.0. The number of amides is 1. The SMILES string of the molecule is Cc1ccccc1COc1ccc(C(O)=C2C(=O)C(=O)N(c3nnc(SCc4ccccc4Cl)s3)C2c2ccc(C(C)(C)C)cc2)cc1. The number of nitrogens with zero attached hydrogens (tertiary/aromatic N) is 3. The zero-order valence-corrected chi connectivity index (χ0v) is 29.3. The fraction of sp³-hybridized carbons (Fsp3) is 0.211. The van der Waals surface area contributed by atoms with Crippen LogP contribution in [0.2, 0.25) is 5.02 Å². The highest BCUT2D eigenvalue weighted by atomic mass is 35.5. The molecule has 0 aliphatic carbocycles. The number of rotatable bonds is 9. The number of hydrogen-bond donors (Lipinski definition) is 1. The van der Waals surface area contributed by atoms with E-state index < -0.39 is 17.7 Å². The first-order valence-corrected chi connectivity index (χ1v) is 17.6. The van der Waals surface area contributed by atoms with E-state index in [0.717, 1.165) is 22.3 Å². The second kappa shape index (κ2) is 14.0. The molecule has 48 heavy (non-hydrogen) atoms. The molecule has 0 radical (unpaired) electrons. The van der Waals surface area contributed by atoms with Crippen molar-refractivity contribution in [3.05, 3.63) is 141 Å². The average molecular weight is 696 g/mol. The Hall–Kier alpha value is -4.44. The molecule has 6 rings (SSSR count). The van der Waals surface area contributed by atoms with Crippen LogP contribution in [-0.4, -0.2) is 27.0 Å². The smallest absolute Gasteiger partial charge is 0.301 e. The Balaban J connectivity index is 1.33. The van der Waals surface area contributed by atoms with Gasteiger partial charge in [-0.15, -0.1) is 10.2 Å². The van der Waals surface area contributed by atoms with Crippen LogP contribution in [0.15, 0.2) is 107 Å². The van der Waals surface area contributed by atoms with Gasteiger partial charge in [-0.2, -0.15) is 0 Å². The molecule has 1 saturated heterocycles. The van der Waals surface area contributed by atoms with Crippen LogP contribution < -0.4 is 9.64 Å². The summed E-state index contributed by atoms with van der Waals surface area (Å²) in [6, 6.07) is 29.3. The minimum Gasteiger partial charge on any atom is -0.507 e. The quantitative estimate of drug-likeness (QED) is 0.0540. The van der Waals surface area contributed by atoms with Crippen molar-refractivity contribution in [2.75, 3.05) is 4.90 Å². The topological polar surface area (TPSA) is 92.6 Å². The maximum absolute atomic E-state index is 13.7. The number of thioether (sulfide) groups is 1. The van der Waals surface area contributed by atoms with Crippen molar-refractivity contribution in [1.82, 2.24) is 10.2 Å². The van der Waals surface area contributed by atoms with E-state index in [1.165, 1.54) is 28.0 Å². The number of benzene rings is 4. The number of carbonyl (C=O) groups excluding carboxylic acids is 2. The minimum atomic E-state index is -0.912. The highest BCUT2D eigenvalue weighted by molar-refractivity contribution is 8.00. The van der Waals surface area contributed by atoms with Gasteiger partial charge < -0.3 is 9.84 Å². The molecule has 1 aliphatic rings. The third kappa shape index (κ3) is 7.04. The van der Waals surface area contributed by atoms with Gasteiger partial charge in [0.2, 0.25) is 5.13 Å². The summed E-state index contributed by atoms with van der Waals surface area (Å²) in [7, 11) is 0. The van der Waals surface area contributed by atoms with Crippen molar-refractivity contribution in [1.29, 1.82) is 0 Å². The predicted octanol–water partition coefficient (Wildman–Crippen LogP) is 9.30. The molecule has 0 bridgehead atoms. The standard InChI is InChI=1S/C38H34ClN3O4S2/c1-23-9-5-6-10-26(23)21-46-29-19-15-25(16-20-29)33(43)31-32(24-13-17-28(18-14-24)38(2,3)4)42(35(45)34(31)44)36-40-41-37(48-36)47-22-27-11-7-8-12-30(27)39/h5-20,32,43H,21-22H2,1-4H3. The van der Waals surface area contributed by atoms with Crippen LogP contribution in [0.3, 0.4) is 0 Å². The zero-order valence-electron chi connectivity index (χ0n) is 26.9. The van der Waals surface area contributed by atoms with Gasteiger partial charge in [0.05, 0.1) is 11.6 Å². The molecule has 1 unspecified atom stereocenters. The summed E-state index contributed by atoms with van der Waals surface area (Å²) in [6.45, 7) is 8.78. The minimum absolute atomic E-state index is 0.0162. The number of aryl methyl sites for hydroxylation is 1. The Morgan fingerprint density at radius 3 is 2.25 bits per heavy atom. The first kappa shape index (κ1) is 33.5. The van der Waals surface area contributed by atoms with Crippen molar-refractivity contribution < 1.29 is 19.4 Å². The van der Waals surface area contributed by atoms with Gasteiger partial charge in [0.25, 0.3) is 5.78 Å².